The van der Waals surface area contributed by atoms with Crippen molar-refractivity contribution in [2.45, 2.75) is 52.2 Å². The largest absolute Gasteiger partial charge is 0.508 e. The van der Waals surface area contributed by atoms with E-state index in [1.807, 2.05) is 20.8 Å². The van der Waals surface area contributed by atoms with Gasteiger partial charge in [-0.2, -0.15) is 0 Å². The van der Waals surface area contributed by atoms with Crippen LogP contribution in [0, 0.1) is 5.41 Å². The number of hydrogen-bond acceptors (Lipinski definition) is 4. The van der Waals surface area contributed by atoms with Crippen LogP contribution < -0.4 is 11.1 Å². The molecule has 0 spiro atoms. The van der Waals surface area contributed by atoms with Crippen LogP contribution in [0.3, 0.4) is 0 Å². The van der Waals surface area contributed by atoms with Crippen LogP contribution in [0.1, 0.15) is 46.1 Å². The van der Waals surface area contributed by atoms with Crippen LogP contribution in [-0.4, -0.2) is 22.8 Å². The Morgan fingerprint density at radius 1 is 1.38 bits per heavy atom. The van der Waals surface area contributed by atoms with Gasteiger partial charge in [-0.25, -0.2) is 4.79 Å². The average molecular weight is 292 g/mol. The fraction of sp³-hybridized carbons (Fsp3) is 0.562. The third-order valence-electron chi connectivity index (χ3n) is 3.92. The quantitative estimate of drug-likeness (QED) is 0.731. The number of phenolic OH excluding ortho intramolecular Hbond substituents is 1. The Bertz CT molecular complexity index is 561. The summed E-state index contributed by atoms with van der Waals surface area (Å²) in [5.74, 6) is 0.268. The van der Waals surface area contributed by atoms with E-state index in [9.17, 15) is 9.90 Å². The third kappa shape index (κ3) is 3.29. The summed E-state index contributed by atoms with van der Waals surface area (Å²) in [5.41, 5.74) is 6.98. The van der Waals surface area contributed by atoms with Crippen molar-refractivity contribution in [1.82, 2.24) is 0 Å². The van der Waals surface area contributed by atoms with Crippen LogP contribution in [0.15, 0.2) is 18.2 Å². The molecule has 0 radical (unpaired) electrons. The zero-order chi connectivity index (χ0) is 16.0. The lowest BCUT2D eigenvalue weighted by atomic mass is 10.0. The van der Waals surface area contributed by atoms with Gasteiger partial charge >= 0.3 is 6.09 Å². The minimum atomic E-state index is -0.559. The Hall–Kier alpha value is -1.75. The van der Waals surface area contributed by atoms with Crippen molar-refractivity contribution in [3.8, 4) is 5.75 Å². The van der Waals surface area contributed by atoms with Gasteiger partial charge in [-0.15, -0.1) is 0 Å². The van der Waals surface area contributed by atoms with E-state index in [1.165, 1.54) is 6.07 Å². The first-order valence-electron chi connectivity index (χ1n) is 7.11. The van der Waals surface area contributed by atoms with Crippen molar-refractivity contribution >= 4 is 11.8 Å². The van der Waals surface area contributed by atoms with Crippen LogP contribution in [0.5, 0.6) is 5.75 Å². The molecule has 1 aliphatic rings. The molecule has 1 amide bonds. The van der Waals surface area contributed by atoms with Crippen molar-refractivity contribution in [2.24, 2.45) is 11.1 Å². The molecule has 1 aromatic rings. The van der Waals surface area contributed by atoms with Crippen LogP contribution >= 0.6 is 0 Å². The molecular weight excluding hydrogens is 268 g/mol. The van der Waals surface area contributed by atoms with Gasteiger partial charge in [0.05, 0.1) is 0 Å². The van der Waals surface area contributed by atoms with Crippen LogP contribution in [-0.2, 0) is 4.74 Å². The number of nitrogens with two attached hydrogens (primary N) is 1. The Kier molecular flexibility index (Phi) is 3.66. The van der Waals surface area contributed by atoms with Gasteiger partial charge in [0.15, 0.2) is 0 Å². The molecule has 1 aromatic carbocycles. The molecule has 1 saturated carbocycles. The molecule has 5 heteroatoms. The number of phenols is 1. The van der Waals surface area contributed by atoms with Crippen molar-refractivity contribution < 1.29 is 14.6 Å². The lowest BCUT2D eigenvalue weighted by Gasteiger charge is -2.20. The number of nitrogens with one attached hydrogen (secondary N) is 1. The van der Waals surface area contributed by atoms with Gasteiger partial charge in [-0.1, -0.05) is 13.8 Å². The van der Waals surface area contributed by atoms with Gasteiger partial charge in [0, 0.05) is 17.6 Å². The predicted molar refractivity (Wildman–Crippen MR) is 82.5 cm³/mol. The summed E-state index contributed by atoms with van der Waals surface area (Å²) in [6.07, 6.45) is -0.513. The maximum Gasteiger partial charge on any atom is 0.412 e. The second-order valence-electron chi connectivity index (χ2n) is 7.22. The van der Waals surface area contributed by atoms with E-state index in [-0.39, 0.29) is 23.1 Å². The van der Waals surface area contributed by atoms with Gasteiger partial charge in [0.2, 0.25) is 0 Å². The van der Waals surface area contributed by atoms with Crippen LogP contribution in [0.2, 0.25) is 0 Å². The number of aromatic hydroxyl groups is 1. The third-order valence-corrected chi connectivity index (χ3v) is 3.92. The van der Waals surface area contributed by atoms with Gasteiger partial charge < -0.3 is 15.6 Å². The van der Waals surface area contributed by atoms with Gasteiger partial charge in [0.1, 0.15) is 11.4 Å². The Morgan fingerprint density at radius 2 is 1.95 bits per heavy atom. The topological polar surface area (TPSA) is 84.6 Å². The first-order chi connectivity index (χ1) is 9.52. The minimum absolute atomic E-state index is 0.0125. The Morgan fingerprint density at radius 3 is 2.43 bits per heavy atom. The van der Waals surface area contributed by atoms with E-state index in [0.29, 0.717) is 5.69 Å². The second-order valence-corrected chi connectivity index (χ2v) is 7.22. The predicted octanol–water partition coefficient (Wildman–Crippen LogP) is 3.19. The highest BCUT2D eigenvalue weighted by molar-refractivity contribution is 5.86. The maximum atomic E-state index is 11.9. The van der Waals surface area contributed by atoms with Crippen LogP contribution in [0.25, 0.3) is 0 Å². The highest BCUT2D eigenvalue weighted by Crippen LogP contribution is 2.59. The average Bonchev–Trinajstić information content (AvgIpc) is 2.78. The monoisotopic (exact) mass is 292 g/mol. The molecule has 2 unspecified atom stereocenters. The highest BCUT2D eigenvalue weighted by atomic mass is 16.6. The molecule has 1 aliphatic carbocycles. The molecule has 2 atom stereocenters. The molecule has 0 saturated heterocycles. The summed E-state index contributed by atoms with van der Waals surface area (Å²) < 4.78 is 5.26. The Balaban J connectivity index is 2.23. The number of benzene rings is 1. The molecule has 4 N–H and O–H groups in total. The van der Waals surface area contributed by atoms with E-state index < -0.39 is 11.7 Å². The number of rotatable bonds is 2. The summed E-state index contributed by atoms with van der Waals surface area (Å²) in [7, 11) is 0. The maximum absolute atomic E-state index is 11.9. The van der Waals surface area contributed by atoms with E-state index in [1.54, 1.807) is 12.1 Å². The van der Waals surface area contributed by atoms with E-state index in [2.05, 4.69) is 19.2 Å². The molecule has 0 aromatic heterocycles. The fourth-order valence-corrected chi connectivity index (χ4v) is 2.61. The number of carbonyl (C=O) groups is 1. The Labute approximate surface area is 125 Å². The number of hydrogen-bond donors (Lipinski definition) is 3. The van der Waals surface area contributed by atoms with E-state index in [0.717, 1.165) is 5.56 Å². The normalized spacial score (nSPS) is 23.5. The summed E-state index contributed by atoms with van der Waals surface area (Å²) >= 11 is 0. The second kappa shape index (κ2) is 4.91. The first-order valence-corrected chi connectivity index (χ1v) is 7.11. The highest BCUT2D eigenvalue weighted by Gasteiger charge is 2.57. The number of carbonyl (C=O) groups excluding carboxylic acids is 1. The van der Waals surface area contributed by atoms with E-state index in [4.69, 9.17) is 10.5 Å². The summed E-state index contributed by atoms with van der Waals surface area (Å²) in [6.45, 7) is 9.58. The molecule has 116 valence electrons. The van der Waals surface area contributed by atoms with Crippen molar-refractivity contribution in [3.05, 3.63) is 23.8 Å². The molecular formula is C16H24N2O3. The molecule has 1 fully saturated rings. The molecule has 2 rings (SSSR count). The van der Waals surface area contributed by atoms with Gasteiger partial charge in [-0.05, 0) is 49.9 Å². The number of amides is 1. The van der Waals surface area contributed by atoms with Crippen molar-refractivity contribution in [3.63, 3.8) is 0 Å². The zero-order valence-corrected chi connectivity index (χ0v) is 13.2. The standard InChI is InChI=1S/C16H24N2O3/c1-15(2,3)21-14(20)18-11-7-6-9(19)8-10(11)12-13(17)16(12,4)5/h6-8,12-13,19H,17H2,1-5H3,(H,18,20). The molecule has 0 aliphatic heterocycles. The lowest BCUT2D eigenvalue weighted by Crippen LogP contribution is -2.27. The van der Waals surface area contributed by atoms with Crippen LogP contribution in [0.4, 0.5) is 10.5 Å². The SMILES string of the molecule is CC(C)(C)OC(=O)Nc1ccc(O)cc1C1C(N)C1(C)C. The minimum Gasteiger partial charge on any atom is -0.508 e. The van der Waals surface area contributed by atoms with Gasteiger partial charge in [0.25, 0.3) is 0 Å². The summed E-state index contributed by atoms with van der Waals surface area (Å²) in [4.78, 5) is 11.9. The smallest absolute Gasteiger partial charge is 0.412 e. The first kappa shape index (κ1) is 15.6. The number of ether oxygens (including phenoxy) is 1. The van der Waals surface area contributed by atoms with Crippen molar-refractivity contribution in [1.29, 1.82) is 0 Å². The fourth-order valence-electron chi connectivity index (χ4n) is 2.61. The van der Waals surface area contributed by atoms with Gasteiger partial charge in [-0.3, -0.25) is 5.32 Å². The summed E-state index contributed by atoms with van der Waals surface area (Å²) in [5, 5.41) is 12.5. The molecule has 0 heterocycles. The molecule has 0 bridgehead atoms. The summed E-state index contributed by atoms with van der Waals surface area (Å²) in [6, 6.07) is 4.89. The molecule has 5 nitrogen and oxygen atoms in total. The van der Waals surface area contributed by atoms with E-state index >= 15 is 0 Å². The zero-order valence-electron chi connectivity index (χ0n) is 13.2. The number of anilines is 1. The van der Waals surface area contributed by atoms with Crippen molar-refractivity contribution in [2.75, 3.05) is 5.32 Å². The lowest BCUT2D eigenvalue weighted by molar-refractivity contribution is 0.0635. The molecule has 21 heavy (non-hydrogen) atoms.